The molecule has 0 spiro atoms. The van der Waals surface area contributed by atoms with Gasteiger partial charge in [0.25, 0.3) is 0 Å². The molecule has 0 saturated heterocycles. The molecule has 2 aliphatic carbocycles. The molecule has 2 aliphatic rings. The molecule has 0 bridgehead atoms. The van der Waals surface area contributed by atoms with Gasteiger partial charge in [-0.1, -0.05) is 89.5 Å². The molecule has 11 nitrogen and oxygen atoms in total. The summed E-state index contributed by atoms with van der Waals surface area (Å²) in [5.74, 6) is -1.02. The third-order valence-electron chi connectivity index (χ3n) is 11.2. The second-order valence-corrected chi connectivity index (χ2v) is 16.3. The first-order valence-electron chi connectivity index (χ1n) is 22.4. The topological polar surface area (TPSA) is 152 Å². The van der Waals surface area contributed by atoms with Gasteiger partial charge in [-0.05, 0) is 95.3 Å². The lowest BCUT2D eigenvalue weighted by atomic mass is 9.67. The van der Waals surface area contributed by atoms with E-state index in [1.54, 1.807) is 0 Å². The summed E-state index contributed by atoms with van der Waals surface area (Å²) in [6, 6.07) is 0. The summed E-state index contributed by atoms with van der Waals surface area (Å²) in [7, 11) is 0. The Morgan fingerprint density at radius 2 is 0.965 bits per heavy atom. The van der Waals surface area contributed by atoms with Crippen molar-refractivity contribution in [1.29, 1.82) is 0 Å². The number of esters is 5. The van der Waals surface area contributed by atoms with E-state index in [9.17, 15) is 29.1 Å². The van der Waals surface area contributed by atoms with Crippen LogP contribution in [0, 0.1) is 23.2 Å². The molecular weight excluding hydrogens is 728 g/mol. The van der Waals surface area contributed by atoms with Crippen molar-refractivity contribution in [2.75, 3.05) is 39.6 Å². The van der Waals surface area contributed by atoms with E-state index in [4.69, 9.17) is 23.7 Å². The zero-order valence-corrected chi connectivity index (χ0v) is 35.5. The van der Waals surface area contributed by atoms with Crippen LogP contribution in [-0.2, 0) is 47.7 Å². The van der Waals surface area contributed by atoms with Crippen molar-refractivity contribution in [3.8, 4) is 0 Å². The second-order valence-electron chi connectivity index (χ2n) is 16.3. The van der Waals surface area contributed by atoms with Crippen LogP contribution in [0.1, 0.15) is 174 Å². The molecule has 326 valence electrons. The molecule has 2 rings (SSSR count). The van der Waals surface area contributed by atoms with E-state index in [1.807, 2.05) is 12.2 Å². The highest BCUT2D eigenvalue weighted by molar-refractivity contribution is 5.73. The van der Waals surface area contributed by atoms with E-state index in [0.29, 0.717) is 63.6 Å². The number of hydrogen-bond acceptors (Lipinski definition) is 11. The van der Waals surface area contributed by atoms with E-state index < -0.39 is 24.0 Å². The molecule has 0 aliphatic heterocycles. The Bertz CT molecular complexity index is 1130. The van der Waals surface area contributed by atoms with Gasteiger partial charge in [0.2, 0.25) is 0 Å². The number of unbranched alkanes of at least 4 members (excludes halogenated alkanes) is 8. The number of aliphatic hydroxyl groups is 1. The maximum absolute atomic E-state index is 13.3. The third-order valence-corrected chi connectivity index (χ3v) is 11.2. The maximum Gasteiger partial charge on any atom is 0.308 e. The standard InChI is InChI=1S/C46H76O11/c1-3-5-7-9-11-13-21-31-53-41(48)25-17-19-27-43(50)55-35-46(34-47,37-57-45(52)40-30-29-38-23-15-16-24-39(38)33-40)36-56-44(51)28-20-18-26-42(49)54-32-22-14-12-10-8-6-4-2/h11-14,38-40,47H,3-10,15-37H2,1-2H3/b13-11-,14-12-. The van der Waals surface area contributed by atoms with E-state index in [1.165, 1.54) is 44.9 Å². The fourth-order valence-corrected chi connectivity index (χ4v) is 7.50. The molecule has 3 unspecified atom stereocenters. The average molecular weight is 805 g/mol. The molecule has 11 heteroatoms. The molecule has 2 saturated carbocycles. The van der Waals surface area contributed by atoms with Crippen molar-refractivity contribution < 1.29 is 52.8 Å². The predicted octanol–water partition coefficient (Wildman–Crippen LogP) is 9.46. The van der Waals surface area contributed by atoms with Crippen LogP contribution in [0.4, 0.5) is 0 Å². The van der Waals surface area contributed by atoms with Gasteiger partial charge in [0.15, 0.2) is 0 Å². The van der Waals surface area contributed by atoms with Gasteiger partial charge in [-0.25, -0.2) is 0 Å². The van der Waals surface area contributed by atoms with Gasteiger partial charge in [-0.2, -0.15) is 0 Å². The van der Waals surface area contributed by atoms with Crippen molar-refractivity contribution in [2.24, 2.45) is 23.2 Å². The zero-order chi connectivity index (χ0) is 41.4. The van der Waals surface area contributed by atoms with Crippen LogP contribution in [0.3, 0.4) is 0 Å². The average Bonchev–Trinajstić information content (AvgIpc) is 3.22. The fourth-order valence-electron chi connectivity index (χ4n) is 7.50. The first kappa shape index (κ1) is 49.9. The number of allylic oxidation sites excluding steroid dienone is 2. The number of rotatable bonds is 32. The van der Waals surface area contributed by atoms with Crippen LogP contribution in [0.25, 0.3) is 0 Å². The van der Waals surface area contributed by atoms with Crippen LogP contribution in [0.5, 0.6) is 0 Å². The number of carbonyl (C=O) groups is 5. The highest BCUT2D eigenvalue weighted by Gasteiger charge is 2.39. The van der Waals surface area contributed by atoms with Crippen LogP contribution in [0.15, 0.2) is 24.3 Å². The molecule has 0 aromatic rings. The second kappa shape index (κ2) is 31.7. The van der Waals surface area contributed by atoms with Crippen molar-refractivity contribution in [3.63, 3.8) is 0 Å². The summed E-state index contributed by atoms with van der Waals surface area (Å²) in [4.78, 5) is 62.9. The molecule has 2 fully saturated rings. The number of ether oxygens (including phenoxy) is 5. The molecular formula is C46H76O11. The van der Waals surface area contributed by atoms with Gasteiger partial charge < -0.3 is 28.8 Å². The SMILES string of the molecule is CCCCC/C=C\CCOC(=O)CCCCC(=O)OCC(CO)(COC(=O)CCCCC(=O)OCC/C=C\CCCCC)COC(=O)C1CCC2CCCCC2C1. The summed E-state index contributed by atoms with van der Waals surface area (Å²) in [5.41, 5.74) is -1.34. The minimum absolute atomic E-state index is 0.0532. The number of fused-ring (bicyclic) bond motifs is 1. The summed E-state index contributed by atoms with van der Waals surface area (Å²) >= 11 is 0. The molecule has 3 atom stereocenters. The monoisotopic (exact) mass is 805 g/mol. The molecule has 0 aromatic carbocycles. The van der Waals surface area contributed by atoms with Crippen LogP contribution in [-0.4, -0.2) is 74.6 Å². The number of aliphatic hydroxyl groups excluding tert-OH is 1. The van der Waals surface area contributed by atoms with E-state index in [2.05, 4.69) is 26.0 Å². The van der Waals surface area contributed by atoms with E-state index in [0.717, 1.165) is 51.4 Å². The van der Waals surface area contributed by atoms with Gasteiger partial charge in [-0.15, -0.1) is 0 Å². The Hall–Kier alpha value is -3.21. The highest BCUT2D eigenvalue weighted by Crippen LogP contribution is 2.43. The lowest BCUT2D eigenvalue weighted by Gasteiger charge is -2.38. The van der Waals surface area contributed by atoms with E-state index >= 15 is 0 Å². The van der Waals surface area contributed by atoms with Crippen molar-refractivity contribution >= 4 is 29.8 Å². The van der Waals surface area contributed by atoms with Gasteiger partial charge >= 0.3 is 29.8 Å². The van der Waals surface area contributed by atoms with E-state index in [-0.39, 0.29) is 69.3 Å². The van der Waals surface area contributed by atoms with Gasteiger partial charge in [0, 0.05) is 25.7 Å². The van der Waals surface area contributed by atoms with Crippen molar-refractivity contribution in [3.05, 3.63) is 24.3 Å². The number of hydrogen-bond donors (Lipinski definition) is 1. The Labute approximate surface area is 343 Å². The Balaban J connectivity index is 1.79. The lowest BCUT2D eigenvalue weighted by molar-refractivity contribution is -0.168. The Kier molecular flexibility index (Phi) is 27.8. The molecule has 57 heavy (non-hydrogen) atoms. The third kappa shape index (κ3) is 23.7. The van der Waals surface area contributed by atoms with Crippen LogP contribution < -0.4 is 0 Å². The van der Waals surface area contributed by atoms with Crippen molar-refractivity contribution in [2.45, 2.75) is 174 Å². The van der Waals surface area contributed by atoms with Gasteiger partial charge in [0.05, 0.1) is 31.2 Å². The zero-order valence-electron chi connectivity index (χ0n) is 35.5. The summed E-state index contributed by atoms with van der Waals surface area (Å²) in [5, 5.41) is 10.6. The molecule has 0 heterocycles. The summed E-state index contributed by atoms with van der Waals surface area (Å²) in [6.45, 7) is 3.56. The quantitative estimate of drug-likeness (QED) is 0.0300. The number of carbonyl (C=O) groups excluding carboxylic acids is 5. The predicted molar refractivity (Wildman–Crippen MR) is 220 cm³/mol. The first-order valence-corrected chi connectivity index (χ1v) is 22.4. The molecule has 0 amide bonds. The maximum atomic E-state index is 13.3. The molecule has 0 aromatic heterocycles. The minimum Gasteiger partial charge on any atom is -0.465 e. The van der Waals surface area contributed by atoms with Gasteiger partial charge in [-0.3, -0.25) is 24.0 Å². The van der Waals surface area contributed by atoms with Crippen LogP contribution in [0.2, 0.25) is 0 Å². The largest absolute Gasteiger partial charge is 0.465 e. The molecule has 1 N–H and O–H groups in total. The fraction of sp³-hybridized carbons (Fsp3) is 0.804. The van der Waals surface area contributed by atoms with Gasteiger partial charge in [0.1, 0.15) is 19.8 Å². The summed E-state index contributed by atoms with van der Waals surface area (Å²) in [6.07, 6.45) is 28.5. The Morgan fingerprint density at radius 3 is 1.44 bits per heavy atom. The summed E-state index contributed by atoms with van der Waals surface area (Å²) < 4.78 is 27.4. The normalized spacial score (nSPS) is 18.3. The smallest absolute Gasteiger partial charge is 0.308 e. The first-order chi connectivity index (χ1) is 27.7. The van der Waals surface area contributed by atoms with Crippen molar-refractivity contribution in [1.82, 2.24) is 0 Å². The Morgan fingerprint density at radius 1 is 0.526 bits per heavy atom. The lowest BCUT2D eigenvalue weighted by Crippen LogP contribution is -2.43. The molecule has 0 radical (unpaired) electrons. The highest BCUT2D eigenvalue weighted by atomic mass is 16.6. The van der Waals surface area contributed by atoms with Crippen LogP contribution >= 0.6 is 0 Å². The minimum atomic E-state index is -1.34.